The van der Waals surface area contributed by atoms with Crippen LogP contribution in [0.3, 0.4) is 0 Å². The highest BCUT2D eigenvalue weighted by atomic mass is 19.4. The number of benzene rings is 1. The van der Waals surface area contributed by atoms with E-state index in [1.807, 2.05) is 0 Å². The summed E-state index contributed by atoms with van der Waals surface area (Å²) in [5.74, 6) is -38.6. The number of hydrogen-bond acceptors (Lipinski definition) is 1. The Morgan fingerprint density at radius 1 is 0.594 bits per heavy atom. The molecule has 0 fully saturated rings. The molecule has 0 saturated heterocycles. The third kappa shape index (κ3) is 4.31. The highest BCUT2D eigenvalue weighted by molar-refractivity contribution is 5.32. The van der Waals surface area contributed by atoms with Gasteiger partial charge in [0.1, 0.15) is 0 Å². The second kappa shape index (κ2) is 7.83. The van der Waals surface area contributed by atoms with E-state index in [0.717, 1.165) is 0 Å². The number of hydrogen-bond donors (Lipinski definition) is 1. The van der Waals surface area contributed by atoms with Crippen molar-refractivity contribution in [3.8, 4) is 0 Å². The molecule has 17 heteroatoms. The lowest BCUT2D eigenvalue weighted by molar-refractivity contribution is -0.440. The lowest BCUT2D eigenvalue weighted by Crippen LogP contribution is -2.70. The van der Waals surface area contributed by atoms with E-state index in [2.05, 4.69) is 0 Å². The zero-order chi connectivity index (χ0) is 25.8. The molecule has 0 aromatic heterocycles. The maximum Gasteiger partial charge on any atom is 0.460 e. The van der Waals surface area contributed by atoms with E-state index in [0.29, 0.717) is 12.1 Å². The molecule has 1 atom stereocenters. The normalized spacial score (nSPS) is 16.3. The largest absolute Gasteiger partial charge is 0.460 e. The zero-order valence-electron chi connectivity index (χ0n) is 14.6. The molecular formula is C15H8F16O. The molecule has 0 aliphatic carbocycles. The Bertz CT molecular complexity index is 806. The molecule has 0 saturated carbocycles. The Kier molecular flexibility index (Phi) is 6.87. The van der Waals surface area contributed by atoms with E-state index < -0.39 is 65.6 Å². The van der Waals surface area contributed by atoms with Gasteiger partial charge in [-0.3, -0.25) is 0 Å². The minimum absolute atomic E-state index is 0.126. The molecule has 32 heavy (non-hydrogen) atoms. The summed E-state index contributed by atoms with van der Waals surface area (Å²) in [6, 6.07) is 1.60. The van der Waals surface area contributed by atoms with Crippen molar-refractivity contribution in [3.05, 3.63) is 35.4 Å². The van der Waals surface area contributed by atoms with Gasteiger partial charge < -0.3 is 5.11 Å². The number of halogens is 16. The highest BCUT2D eigenvalue weighted by Crippen LogP contribution is 2.61. The van der Waals surface area contributed by atoms with E-state index in [1.54, 1.807) is 0 Å². The minimum atomic E-state index is -8.14. The standard InChI is InChI=1S/C15H8F16O/c16-9(17,5-8(32)6-3-1-2-4-7(6)10(18,19)20)11(21,22)12(23,24)13(25,26)14(27,28)15(29,30)31/h1-4,8,32H,5H2. The summed E-state index contributed by atoms with van der Waals surface area (Å²) in [5.41, 5.74) is -3.56. The summed E-state index contributed by atoms with van der Waals surface area (Å²) in [5, 5.41) is 9.45. The molecule has 0 amide bonds. The second-order valence-electron chi connectivity index (χ2n) is 6.30. The first-order chi connectivity index (χ1) is 13.9. The van der Waals surface area contributed by atoms with Gasteiger partial charge >= 0.3 is 42.0 Å². The molecule has 0 radical (unpaired) electrons. The van der Waals surface area contributed by atoms with Gasteiger partial charge in [0, 0.05) is 6.42 Å². The molecule has 1 aromatic carbocycles. The van der Waals surface area contributed by atoms with E-state index in [4.69, 9.17) is 0 Å². The van der Waals surface area contributed by atoms with Crippen molar-refractivity contribution in [1.82, 2.24) is 0 Å². The van der Waals surface area contributed by atoms with Crippen LogP contribution in [0.5, 0.6) is 0 Å². The average molecular weight is 508 g/mol. The van der Waals surface area contributed by atoms with E-state index in [9.17, 15) is 75.4 Å². The lowest BCUT2D eigenvalue weighted by atomic mass is 9.89. The zero-order valence-corrected chi connectivity index (χ0v) is 14.6. The summed E-state index contributed by atoms with van der Waals surface area (Å²) >= 11 is 0. The number of aliphatic hydroxyl groups excluding tert-OH is 1. The number of aliphatic hydroxyl groups is 1. The van der Waals surface area contributed by atoms with Crippen molar-refractivity contribution in [2.75, 3.05) is 0 Å². The molecule has 1 rings (SSSR count). The van der Waals surface area contributed by atoms with Crippen LogP contribution in [-0.4, -0.2) is 40.9 Å². The molecular weight excluding hydrogens is 500 g/mol. The Morgan fingerprint density at radius 2 is 1.00 bits per heavy atom. The van der Waals surface area contributed by atoms with Crippen molar-refractivity contribution >= 4 is 0 Å². The highest BCUT2D eigenvalue weighted by Gasteiger charge is 2.90. The first kappa shape index (κ1) is 28.1. The predicted molar refractivity (Wildman–Crippen MR) is 71.8 cm³/mol. The van der Waals surface area contributed by atoms with Gasteiger partial charge in [0.05, 0.1) is 11.7 Å². The summed E-state index contributed by atoms with van der Waals surface area (Å²) in [6.07, 6.45) is -19.6. The summed E-state index contributed by atoms with van der Waals surface area (Å²) < 4.78 is 208. The Balaban J connectivity index is 3.45. The predicted octanol–water partition coefficient (Wildman–Crippen LogP) is 6.87. The summed E-state index contributed by atoms with van der Waals surface area (Å²) in [6.45, 7) is 0. The third-order valence-electron chi connectivity index (χ3n) is 4.07. The van der Waals surface area contributed by atoms with Crippen LogP contribution in [0.2, 0.25) is 0 Å². The van der Waals surface area contributed by atoms with Gasteiger partial charge in [0.2, 0.25) is 0 Å². The molecule has 1 aromatic rings. The van der Waals surface area contributed by atoms with Crippen molar-refractivity contribution in [2.45, 2.75) is 54.5 Å². The Labute approximate surface area is 166 Å². The summed E-state index contributed by atoms with van der Waals surface area (Å²) in [4.78, 5) is 0. The van der Waals surface area contributed by atoms with Crippen molar-refractivity contribution in [1.29, 1.82) is 0 Å². The second-order valence-corrected chi connectivity index (χ2v) is 6.30. The quantitative estimate of drug-likeness (QED) is 0.399. The fraction of sp³-hybridized carbons (Fsp3) is 0.600. The lowest BCUT2D eigenvalue weighted by Gasteiger charge is -2.40. The fourth-order valence-electron chi connectivity index (χ4n) is 2.33. The maximum atomic E-state index is 13.7. The third-order valence-corrected chi connectivity index (χ3v) is 4.07. The first-order valence-corrected chi connectivity index (χ1v) is 7.66. The molecule has 1 unspecified atom stereocenters. The van der Waals surface area contributed by atoms with Gasteiger partial charge in [0.15, 0.2) is 0 Å². The van der Waals surface area contributed by atoms with Crippen molar-refractivity contribution < 1.29 is 75.4 Å². The monoisotopic (exact) mass is 508 g/mol. The minimum Gasteiger partial charge on any atom is -0.388 e. The van der Waals surface area contributed by atoms with E-state index in [1.165, 1.54) is 0 Å². The SMILES string of the molecule is OC(CC(F)(F)C(F)(F)C(F)(F)C(F)(F)C(F)(F)C(F)(F)F)c1ccccc1C(F)(F)F. The Hall–Kier alpha value is -1.94. The molecule has 0 bridgehead atoms. The smallest absolute Gasteiger partial charge is 0.388 e. The van der Waals surface area contributed by atoms with Gasteiger partial charge in [-0.25, -0.2) is 0 Å². The average Bonchev–Trinajstić information content (AvgIpc) is 2.58. The van der Waals surface area contributed by atoms with Crippen LogP contribution in [-0.2, 0) is 6.18 Å². The molecule has 0 heterocycles. The van der Waals surface area contributed by atoms with Gasteiger partial charge in [-0.05, 0) is 11.6 Å². The van der Waals surface area contributed by atoms with Crippen LogP contribution in [0, 0.1) is 0 Å². The summed E-state index contributed by atoms with van der Waals surface area (Å²) in [7, 11) is 0. The van der Waals surface area contributed by atoms with Crippen LogP contribution in [0.15, 0.2) is 24.3 Å². The molecule has 0 aliphatic heterocycles. The fourth-order valence-corrected chi connectivity index (χ4v) is 2.33. The van der Waals surface area contributed by atoms with Gasteiger partial charge in [-0.1, -0.05) is 18.2 Å². The van der Waals surface area contributed by atoms with Gasteiger partial charge in [0.25, 0.3) is 0 Å². The molecule has 0 aliphatic rings. The van der Waals surface area contributed by atoms with Gasteiger partial charge in [-0.2, -0.15) is 70.2 Å². The van der Waals surface area contributed by atoms with E-state index >= 15 is 0 Å². The first-order valence-electron chi connectivity index (χ1n) is 7.66. The van der Waals surface area contributed by atoms with Crippen LogP contribution in [0.1, 0.15) is 23.7 Å². The van der Waals surface area contributed by atoms with Gasteiger partial charge in [-0.15, -0.1) is 0 Å². The van der Waals surface area contributed by atoms with E-state index in [-0.39, 0.29) is 12.1 Å². The maximum absolute atomic E-state index is 13.7. The van der Waals surface area contributed by atoms with Crippen LogP contribution in [0.4, 0.5) is 70.2 Å². The number of alkyl halides is 16. The van der Waals surface area contributed by atoms with Crippen LogP contribution in [0.25, 0.3) is 0 Å². The number of rotatable bonds is 7. The van der Waals surface area contributed by atoms with Crippen molar-refractivity contribution in [2.24, 2.45) is 0 Å². The molecule has 186 valence electrons. The van der Waals surface area contributed by atoms with Crippen LogP contribution >= 0.6 is 0 Å². The molecule has 0 spiro atoms. The molecule has 1 nitrogen and oxygen atoms in total. The topological polar surface area (TPSA) is 20.2 Å². The Morgan fingerprint density at radius 3 is 1.41 bits per heavy atom. The van der Waals surface area contributed by atoms with Crippen molar-refractivity contribution in [3.63, 3.8) is 0 Å². The van der Waals surface area contributed by atoms with Crippen LogP contribution < -0.4 is 0 Å². The molecule has 1 N–H and O–H groups in total.